The monoisotopic (exact) mass is 515 g/mol. The van der Waals surface area contributed by atoms with Crippen LogP contribution in [0.15, 0.2) is 72.6 Å². The third-order valence-corrected chi connectivity index (χ3v) is 7.29. The number of aromatic nitrogens is 1. The van der Waals surface area contributed by atoms with Gasteiger partial charge in [0.1, 0.15) is 17.7 Å². The number of ether oxygens (including phenoxy) is 2. The molecule has 0 spiro atoms. The van der Waals surface area contributed by atoms with Gasteiger partial charge in [0.25, 0.3) is 5.91 Å². The molecule has 2 fully saturated rings. The van der Waals surface area contributed by atoms with Crippen LogP contribution in [0.25, 0.3) is 5.57 Å². The Labute approximate surface area is 223 Å². The zero-order valence-electron chi connectivity index (χ0n) is 22.0. The number of carbonyl (C=O) groups excluding carboxylic acids is 1. The Morgan fingerprint density at radius 1 is 1.05 bits per heavy atom. The largest absolute Gasteiger partial charge is 0.486 e. The summed E-state index contributed by atoms with van der Waals surface area (Å²) in [7, 11) is 2.14. The van der Waals surface area contributed by atoms with Crippen molar-refractivity contribution in [2.24, 2.45) is 0 Å². The number of piperidine rings is 1. The lowest BCUT2D eigenvalue weighted by Gasteiger charge is -2.27. The molecule has 2 saturated heterocycles. The van der Waals surface area contributed by atoms with E-state index in [0.717, 1.165) is 49.0 Å². The molecule has 2 aromatic carbocycles. The molecule has 1 aromatic heterocycles. The normalized spacial score (nSPS) is 18.7. The van der Waals surface area contributed by atoms with Gasteiger partial charge in [-0.15, -0.1) is 0 Å². The van der Waals surface area contributed by atoms with Crippen molar-refractivity contribution in [2.45, 2.75) is 38.3 Å². The first-order valence-electron chi connectivity index (χ1n) is 13.2. The van der Waals surface area contributed by atoms with Gasteiger partial charge in [-0.2, -0.15) is 0 Å². The summed E-state index contributed by atoms with van der Waals surface area (Å²) < 4.78 is 24.9. The van der Waals surface area contributed by atoms with E-state index >= 15 is 0 Å². The number of nitrogens with one attached hydrogen (secondary N) is 1. The lowest BCUT2D eigenvalue weighted by Crippen LogP contribution is -2.27. The molecule has 2 aliphatic heterocycles. The number of hydrogen-bond donors (Lipinski definition) is 1. The molecule has 38 heavy (non-hydrogen) atoms. The predicted octanol–water partition coefficient (Wildman–Crippen LogP) is 5.41. The second-order valence-corrected chi connectivity index (χ2v) is 10.1. The highest BCUT2D eigenvalue weighted by molar-refractivity contribution is 5.94. The number of hydrogen-bond acceptors (Lipinski definition) is 5. The quantitative estimate of drug-likeness (QED) is 0.456. The highest BCUT2D eigenvalue weighted by atomic mass is 19.1. The van der Waals surface area contributed by atoms with Crippen LogP contribution in [0.5, 0.6) is 5.75 Å². The van der Waals surface area contributed by atoms with Gasteiger partial charge >= 0.3 is 0 Å². The van der Waals surface area contributed by atoms with Gasteiger partial charge in [-0.25, -0.2) is 4.39 Å². The van der Waals surface area contributed by atoms with Gasteiger partial charge in [0, 0.05) is 25.7 Å². The lowest BCUT2D eigenvalue weighted by molar-refractivity contribution is 0.0938. The molecule has 1 amide bonds. The summed E-state index contributed by atoms with van der Waals surface area (Å²) in [5.41, 5.74) is 6.15. The summed E-state index contributed by atoms with van der Waals surface area (Å²) in [5, 5.41) is 3.07. The minimum Gasteiger partial charge on any atom is -0.486 e. The van der Waals surface area contributed by atoms with Crippen molar-refractivity contribution in [3.63, 3.8) is 0 Å². The number of halogens is 1. The number of benzene rings is 2. The van der Waals surface area contributed by atoms with E-state index in [1.54, 1.807) is 18.5 Å². The third kappa shape index (κ3) is 6.29. The first-order valence-corrected chi connectivity index (χ1v) is 13.2. The van der Waals surface area contributed by atoms with Gasteiger partial charge in [-0.1, -0.05) is 42.0 Å². The molecular formula is C31H34FN3O3. The van der Waals surface area contributed by atoms with E-state index in [0.29, 0.717) is 24.5 Å². The fourth-order valence-corrected chi connectivity index (χ4v) is 5.04. The number of likely N-dealkylation sites (tertiary alicyclic amines) is 1. The molecule has 3 aromatic rings. The fraction of sp³-hybridized carbons (Fsp3) is 0.355. The molecule has 2 aliphatic rings. The van der Waals surface area contributed by atoms with E-state index in [2.05, 4.69) is 46.5 Å². The Kier molecular flexibility index (Phi) is 8.15. The van der Waals surface area contributed by atoms with Gasteiger partial charge in [-0.05, 0) is 67.3 Å². The standard InChI is InChI=1S/C31H34FN3O3/c1-21(34-31(36)26-17-29(19-33-18-26)38-28-13-16-37-20-28)22-3-5-23(6-4-22)30(24-7-9-27(32)10-8-24)25-11-14-35(2)15-12-25/h3-10,17-19,21,28H,11-16,20H2,1-2H3,(H,34,36)/t21-,28+/m1/s1. The van der Waals surface area contributed by atoms with E-state index in [4.69, 9.17) is 9.47 Å². The van der Waals surface area contributed by atoms with Crippen LogP contribution < -0.4 is 10.1 Å². The van der Waals surface area contributed by atoms with Crippen molar-refractivity contribution in [2.75, 3.05) is 33.4 Å². The summed E-state index contributed by atoms with van der Waals surface area (Å²) in [5.74, 6) is 0.129. The summed E-state index contributed by atoms with van der Waals surface area (Å²) in [4.78, 5) is 19.5. The van der Waals surface area contributed by atoms with Gasteiger partial charge in [0.05, 0.1) is 31.0 Å². The average Bonchev–Trinajstić information content (AvgIpc) is 3.44. The first-order chi connectivity index (χ1) is 18.5. The predicted molar refractivity (Wildman–Crippen MR) is 146 cm³/mol. The summed E-state index contributed by atoms with van der Waals surface area (Å²) in [6.45, 7) is 5.23. The molecule has 0 radical (unpaired) electrons. The van der Waals surface area contributed by atoms with E-state index in [1.807, 2.05) is 19.1 Å². The maximum Gasteiger partial charge on any atom is 0.253 e. The molecule has 6 nitrogen and oxygen atoms in total. The molecule has 0 saturated carbocycles. The molecule has 0 unspecified atom stereocenters. The van der Waals surface area contributed by atoms with E-state index < -0.39 is 0 Å². The van der Waals surface area contributed by atoms with Crippen LogP contribution in [0.2, 0.25) is 0 Å². The van der Waals surface area contributed by atoms with Crippen LogP contribution in [0.4, 0.5) is 4.39 Å². The van der Waals surface area contributed by atoms with Crippen molar-refractivity contribution >= 4 is 11.5 Å². The van der Waals surface area contributed by atoms with Crippen molar-refractivity contribution in [1.82, 2.24) is 15.2 Å². The molecule has 1 N–H and O–H groups in total. The summed E-state index contributed by atoms with van der Waals surface area (Å²) in [6, 6.07) is 16.6. The van der Waals surface area contributed by atoms with Gasteiger partial charge in [0.15, 0.2) is 0 Å². The van der Waals surface area contributed by atoms with Gasteiger partial charge in [0.2, 0.25) is 0 Å². The molecule has 2 atom stereocenters. The minimum atomic E-state index is -0.235. The zero-order chi connectivity index (χ0) is 26.5. The van der Waals surface area contributed by atoms with Crippen molar-refractivity contribution in [3.8, 4) is 5.75 Å². The number of amides is 1. The number of carbonyl (C=O) groups is 1. The Bertz CT molecular complexity index is 1270. The summed E-state index contributed by atoms with van der Waals surface area (Å²) >= 11 is 0. The van der Waals surface area contributed by atoms with E-state index in [-0.39, 0.29) is 23.9 Å². The maximum atomic E-state index is 13.7. The molecule has 7 heteroatoms. The minimum absolute atomic E-state index is 0.00293. The van der Waals surface area contributed by atoms with E-state index in [1.165, 1.54) is 23.3 Å². The Morgan fingerprint density at radius 2 is 1.74 bits per heavy atom. The van der Waals surface area contributed by atoms with Gasteiger partial charge < -0.3 is 19.7 Å². The SMILES string of the molecule is C[C@@H](NC(=O)c1cncc(O[C@H]2CCOC2)c1)c1ccc(C(=C2CCN(C)CC2)c2ccc(F)cc2)cc1. The highest BCUT2D eigenvalue weighted by Crippen LogP contribution is 2.33. The topological polar surface area (TPSA) is 63.7 Å². The smallest absolute Gasteiger partial charge is 0.253 e. The van der Waals surface area contributed by atoms with Crippen LogP contribution in [-0.2, 0) is 4.74 Å². The Morgan fingerprint density at radius 3 is 2.39 bits per heavy atom. The van der Waals surface area contributed by atoms with Crippen LogP contribution in [-0.4, -0.2) is 55.2 Å². The average molecular weight is 516 g/mol. The second kappa shape index (κ2) is 11.9. The van der Waals surface area contributed by atoms with Crippen molar-refractivity contribution in [3.05, 3.63) is 101 Å². The molecule has 198 valence electrons. The highest BCUT2D eigenvalue weighted by Gasteiger charge is 2.20. The second-order valence-electron chi connectivity index (χ2n) is 10.1. The van der Waals surface area contributed by atoms with Gasteiger partial charge in [-0.3, -0.25) is 9.78 Å². The van der Waals surface area contributed by atoms with Crippen LogP contribution in [0.1, 0.15) is 59.3 Å². The van der Waals surface area contributed by atoms with Crippen molar-refractivity contribution < 1.29 is 18.7 Å². The van der Waals surface area contributed by atoms with Crippen LogP contribution >= 0.6 is 0 Å². The molecule has 3 heterocycles. The Hall–Kier alpha value is -3.55. The first kappa shape index (κ1) is 26.1. The lowest BCUT2D eigenvalue weighted by atomic mass is 9.88. The molecule has 0 aliphatic carbocycles. The molecular weight excluding hydrogens is 481 g/mol. The number of nitrogens with zero attached hydrogens (tertiary/aromatic N) is 2. The number of rotatable bonds is 7. The summed E-state index contributed by atoms with van der Waals surface area (Å²) in [6.07, 6.45) is 5.97. The molecule has 5 rings (SSSR count). The fourth-order valence-electron chi connectivity index (χ4n) is 5.04. The Balaban J connectivity index is 1.31. The third-order valence-electron chi connectivity index (χ3n) is 7.29. The van der Waals surface area contributed by atoms with Crippen molar-refractivity contribution in [1.29, 1.82) is 0 Å². The van der Waals surface area contributed by atoms with E-state index in [9.17, 15) is 9.18 Å². The molecule has 0 bridgehead atoms. The van der Waals surface area contributed by atoms with Crippen LogP contribution in [0, 0.1) is 5.82 Å². The zero-order valence-corrected chi connectivity index (χ0v) is 22.0. The maximum absolute atomic E-state index is 13.7. The van der Waals surface area contributed by atoms with Crippen LogP contribution in [0.3, 0.4) is 0 Å². The number of pyridine rings is 1.